The Morgan fingerprint density at radius 1 is 1.39 bits per heavy atom. The first-order valence-corrected chi connectivity index (χ1v) is 5.99. The summed E-state index contributed by atoms with van der Waals surface area (Å²) in [5, 5.41) is 0. The molecular formula is C14H17FN2O. The van der Waals surface area contributed by atoms with E-state index in [0.29, 0.717) is 13.0 Å². The molecule has 0 radical (unpaired) electrons. The standard InChI is InChI=1S/C14H17FN2O/c1-17(9-10-2-5-12(15)6-3-10)14(18)11-4-7-13(16)8-11/h2-7,11,13H,8-9,16H2,1H3. The van der Waals surface area contributed by atoms with Crippen LogP contribution in [0.4, 0.5) is 4.39 Å². The van der Waals surface area contributed by atoms with Gasteiger partial charge >= 0.3 is 0 Å². The monoisotopic (exact) mass is 248 g/mol. The quantitative estimate of drug-likeness (QED) is 0.827. The van der Waals surface area contributed by atoms with Crippen molar-refractivity contribution < 1.29 is 9.18 Å². The lowest BCUT2D eigenvalue weighted by molar-refractivity contribution is -0.133. The number of amides is 1. The molecule has 0 bridgehead atoms. The summed E-state index contributed by atoms with van der Waals surface area (Å²) >= 11 is 0. The predicted octanol–water partition coefficient (Wildman–Crippen LogP) is 1.69. The molecule has 0 aromatic heterocycles. The van der Waals surface area contributed by atoms with Crippen LogP contribution in [0.1, 0.15) is 12.0 Å². The second kappa shape index (κ2) is 5.31. The summed E-state index contributed by atoms with van der Waals surface area (Å²) in [5.74, 6) is -0.327. The molecule has 1 amide bonds. The molecule has 1 aromatic carbocycles. The molecule has 96 valence electrons. The first kappa shape index (κ1) is 12.8. The maximum absolute atomic E-state index is 12.8. The Balaban J connectivity index is 1.95. The Bertz CT molecular complexity index is 455. The summed E-state index contributed by atoms with van der Waals surface area (Å²) in [6, 6.07) is 6.17. The van der Waals surface area contributed by atoms with Gasteiger partial charge in [0.2, 0.25) is 5.91 Å². The van der Waals surface area contributed by atoms with Gasteiger partial charge in [-0.25, -0.2) is 4.39 Å². The van der Waals surface area contributed by atoms with E-state index < -0.39 is 0 Å². The van der Waals surface area contributed by atoms with Crippen molar-refractivity contribution in [2.75, 3.05) is 7.05 Å². The van der Waals surface area contributed by atoms with Gasteiger partial charge in [0.1, 0.15) is 5.82 Å². The maximum atomic E-state index is 12.8. The predicted molar refractivity (Wildman–Crippen MR) is 68.1 cm³/mol. The van der Waals surface area contributed by atoms with Gasteiger partial charge in [0.05, 0.1) is 5.92 Å². The largest absolute Gasteiger partial charge is 0.341 e. The molecule has 0 aliphatic heterocycles. The van der Waals surface area contributed by atoms with Crippen LogP contribution in [-0.2, 0) is 11.3 Å². The number of benzene rings is 1. The summed E-state index contributed by atoms with van der Waals surface area (Å²) in [6.07, 6.45) is 4.41. The lowest BCUT2D eigenvalue weighted by atomic mass is 10.1. The van der Waals surface area contributed by atoms with E-state index in [1.54, 1.807) is 24.1 Å². The van der Waals surface area contributed by atoms with Gasteiger partial charge in [0.25, 0.3) is 0 Å². The first-order chi connectivity index (χ1) is 8.56. The highest BCUT2D eigenvalue weighted by atomic mass is 19.1. The number of nitrogens with zero attached hydrogens (tertiary/aromatic N) is 1. The average Bonchev–Trinajstić information content (AvgIpc) is 2.78. The van der Waals surface area contributed by atoms with Crippen molar-refractivity contribution in [2.45, 2.75) is 19.0 Å². The van der Waals surface area contributed by atoms with Crippen LogP contribution in [0.3, 0.4) is 0 Å². The van der Waals surface area contributed by atoms with E-state index >= 15 is 0 Å². The van der Waals surface area contributed by atoms with Crippen molar-refractivity contribution in [1.29, 1.82) is 0 Å². The molecule has 0 saturated heterocycles. The van der Waals surface area contributed by atoms with E-state index in [4.69, 9.17) is 5.73 Å². The minimum atomic E-state index is -0.266. The van der Waals surface area contributed by atoms with Crippen LogP contribution in [0.2, 0.25) is 0 Å². The molecule has 2 unspecified atom stereocenters. The molecule has 4 heteroatoms. The second-order valence-corrected chi connectivity index (χ2v) is 4.71. The number of carbonyl (C=O) groups is 1. The van der Waals surface area contributed by atoms with E-state index in [1.165, 1.54) is 12.1 Å². The van der Waals surface area contributed by atoms with Gasteiger partial charge in [-0.3, -0.25) is 4.79 Å². The minimum Gasteiger partial charge on any atom is -0.341 e. The first-order valence-electron chi connectivity index (χ1n) is 5.99. The van der Waals surface area contributed by atoms with Crippen molar-refractivity contribution in [3.05, 3.63) is 47.8 Å². The van der Waals surface area contributed by atoms with Gasteiger partial charge in [-0.1, -0.05) is 24.3 Å². The van der Waals surface area contributed by atoms with E-state index in [-0.39, 0.29) is 23.7 Å². The van der Waals surface area contributed by atoms with Gasteiger partial charge in [-0.2, -0.15) is 0 Å². The van der Waals surface area contributed by atoms with Gasteiger partial charge in [0, 0.05) is 19.6 Å². The zero-order valence-corrected chi connectivity index (χ0v) is 10.3. The highest BCUT2D eigenvalue weighted by Gasteiger charge is 2.25. The minimum absolute atomic E-state index is 0.0156. The lowest BCUT2D eigenvalue weighted by Gasteiger charge is -2.20. The molecule has 2 N–H and O–H groups in total. The van der Waals surface area contributed by atoms with Crippen LogP contribution >= 0.6 is 0 Å². The van der Waals surface area contributed by atoms with Crippen LogP contribution in [0.25, 0.3) is 0 Å². The van der Waals surface area contributed by atoms with Crippen LogP contribution in [-0.4, -0.2) is 23.9 Å². The molecule has 2 atom stereocenters. The zero-order chi connectivity index (χ0) is 13.1. The molecule has 1 aliphatic rings. The fourth-order valence-electron chi connectivity index (χ4n) is 2.13. The van der Waals surface area contributed by atoms with Gasteiger partial charge in [-0.15, -0.1) is 0 Å². The number of halogens is 1. The second-order valence-electron chi connectivity index (χ2n) is 4.71. The van der Waals surface area contributed by atoms with E-state index in [0.717, 1.165) is 5.56 Å². The Morgan fingerprint density at radius 2 is 2.06 bits per heavy atom. The van der Waals surface area contributed by atoms with Crippen molar-refractivity contribution in [3.8, 4) is 0 Å². The van der Waals surface area contributed by atoms with Gasteiger partial charge in [0.15, 0.2) is 0 Å². The van der Waals surface area contributed by atoms with Crippen molar-refractivity contribution >= 4 is 5.91 Å². The molecule has 1 aromatic rings. The third-order valence-electron chi connectivity index (χ3n) is 3.14. The summed E-state index contributed by atoms with van der Waals surface area (Å²) in [7, 11) is 1.75. The molecule has 0 saturated carbocycles. The third kappa shape index (κ3) is 2.96. The molecule has 2 rings (SSSR count). The molecule has 18 heavy (non-hydrogen) atoms. The number of carbonyl (C=O) groups excluding carboxylic acids is 1. The van der Waals surface area contributed by atoms with E-state index in [2.05, 4.69) is 0 Å². The van der Waals surface area contributed by atoms with Crippen LogP contribution in [0, 0.1) is 11.7 Å². The molecule has 0 fully saturated rings. The summed E-state index contributed by atoms with van der Waals surface area (Å²) in [4.78, 5) is 13.8. The molecule has 0 heterocycles. The molecule has 1 aliphatic carbocycles. The van der Waals surface area contributed by atoms with Crippen LogP contribution in [0.15, 0.2) is 36.4 Å². The smallest absolute Gasteiger partial charge is 0.229 e. The fourth-order valence-corrected chi connectivity index (χ4v) is 2.13. The number of hydrogen-bond donors (Lipinski definition) is 1. The van der Waals surface area contributed by atoms with Crippen molar-refractivity contribution in [1.82, 2.24) is 4.90 Å². The van der Waals surface area contributed by atoms with E-state index in [1.807, 2.05) is 12.2 Å². The third-order valence-corrected chi connectivity index (χ3v) is 3.14. The summed E-state index contributed by atoms with van der Waals surface area (Å²) in [6.45, 7) is 0.485. The topological polar surface area (TPSA) is 46.3 Å². The molecule has 0 spiro atoms. The Kier molecular flexibility index (Phi) is 3.77. The SMILES string of the molecule is CN(Cc1ccc(F)cc1)C(=O)C1C=CC(N)C1. The zero-order valence-electron chi connectivity index (χ0n) is 10.3. The normalized spacial score (nSPS) is 22.2. The van der Waals surface area contributed by atoms with Crippen molar-refractivity contribution in [3.63, 3.8) is 0 Å². The Labute approximate surface area is 106 Å². The molecular weight excluding hydrogens is 231 g/mol. The fraction of sp³-hybridized carbons (Fsp3) is 0.357. The van der Waals surface area contributed by atoms with Crippen LogP contribution in [0.5, 0.6) is 0 Å². The number of rotatable bonds is 3. The summed E-state index contributed by atoms with van der Waals surface area (Å²) < 4.78 is 12.8. The Hall–Kier alpha value is -1.68. The van der Waals surface area contributed by atoms with E-state index in [9.17, 15) is 9.18 Å². The number of hydrogen-bond acceptors (Lipinski definition) is 2. The summed E-state index contributed by atoms with van der Waals surface area (Å²) in [5.41, 5.74) is 6.65. The van der Waals surface area contributed by atoms with Crippen molar-refractivity contribution in [2.24, 2.45) is 11.7 Å². The molecule has 3 nitrogen and oxygen atoms in total. The maximum Gasteiger partial charge on any atom is 0.229 e. The lowest BCUT2D eigenvalue weighted by Crippen LogP contribution is -2.32. The Morgan fingerprint density at radius 3 is 2.61 bits per heavy atom. The van der Waals surface area contributed by atoms with Crippen LogP contribution < -0.4 is 5.73 Å². The number of nitrogens with two attached hydrogens (primary N) is 1. The highest BCUT2D eigenvalue weighted by Crippen LogP contribution is 2.19. The van der Waals surface area contributed by atoms with Gasteiger partial charge < -0.3 is 10.6 Å². The van der Waals surface area contributed by atoms with Gasteiger partial charge in [-0.05, 0) is 24.1 Å². The average molecular weight is 248 g/mol. The highest BCUT2D eigenvalue weighted by molar-refractivity contribution is 5.81.